The number of nitrogens with zero attached hydrogens (tertiary/aromatic N) is 3. The molecular weight excluding hydrogens is 535 g/mol. The Morgan fingerprint density at radius 3 is 2.28 bits per heavy atom. The van der Waals surface area contributed by atoms with Crippen LogP contribution in [0.15, 0.2) is 71.7 Å². The third-order valence-corrected chi connectivity index (χ3v) is 7.36. The van der Waals surface area contributed by atoms with Crippen LogP contribution in [-0.4, -0.2) is 61.1 Å². The van der Waals surface area contributed by atoms with Gasteiger partial charge in [-0.3, -0.25) is 14.7 Å². The summed E-state index contributed by atoms with van der Waals surface area (Å²) in [5.74, 6) is 2.20. The molecule has 0 bridgehead atoms. The van der Waals surface area contributed by atoms with Gasteiger partial charge in [-0.05, 0) is 61.4 Å². The van der Waals surface area contributed by atoms with Gasteiger partial charge in [0.1, 0.15) is 23.4 Å². The molecule has 2 heterocycles. The maximum Gasteiger partial charge on any atom is 0.234 e. The highest BCUT2D eigenvalue weighted by molar-refractivity contribution is 6.30. The number of ether oxygens (including phenoxy) is 2. The molecule has 9 heteroatoms. The maximum absolute atomic E-state index is 12.3. The highest BCUT2D eigenvalue weighted by Gasteiger charge is 2.41. The van der Waals surface area contributed by atoms with E-state index in [1.807, 2.05) is 80.6 Å². The minimum absolute atomic E-state index is 0.0181. The summed E-state index contributed by atoms with van der Waals surface area (Å²) >= 11 is 12.5. The van der Waals surface area contributed by atoms with E-state index in [4.69, 9.17) is 37.7 Å². The first kappa shape index (κ1) is 27.3. The van der Waals surface area contributed by atoms with Crippen LogP contribution in [0, 0.1) is 0 Å². The molecule has 204 valence electrons. The molecule has 7 nitrogen and oxygen atoms in total. The Bertz CT molecular complexity index is 1350. The SMILES string of the molecule is COc1ccc(C2=N[C@@H](c3ccc(Cl)cc3)[C@@H](c3ccc(Cl)cc3)N2CN2CCNC(=O)C2)c(OC(C)C)c1. The molecule has 2 aliphatic rings. The quantitative estimate of drug-likeness (QED) is 0.377. The van der Waals surface area contributed by atoms with Gasteiger partial charge in [0.05, 0.1) is 38.0 Å². The van der Waals surface area contributed by atoms with E-state index in [1.54, 1.807) is 7.11 Å². The van der Waals surface area contributed by atoms with Crippen LogP contribution < -0.4 is 14.8 Å². The zero-order valence-corrected chi connectivity index (χ0v) is 23.7. The number of piperazine rings is 1. The summed E-state index contributed by atoms with van der Waals surface area (Å²) in [5.41, 5.74) is 2.97. The van der Waals surface area contributed by atoms with Gasteiger partial charge in [0.25, 0.3) is 0 Å². The molecule has 39 heavy (non-hydrogen) atoms. The van der Waals surface area contributed by atoms with Crippen LogP contribution >= 0.6 is 23.2 Å². The number of hydrogen-bond acceptors (Lipinski definition) is 6. The molecule has 1 amide bonds. The van der Waals surface area contributed by atoms with Crippen molar-refractivity contribution < 1.29 is 14.3 Å². The van der Waals surface area contributed by atoms with E-state index in [0.29, 0.717) is 41.3 Å². The summed E-state index contributed by atoms with van der Waals surface area (Å²) in [4.78, 5) is 22.1. The van der Waals surface area contributed by atoms with Crippen LogP contribution in [0.2, 0.25) is 10.0 Å². The molecule has 0 saturated carbocycles. The molecule has 3 aromatic carbocycles. The predicted octanol–water partition coefficient (Wildman–Crippen LogP) is 5.72. The van der Waals surface area contributed by atoms with Crippen LogP contribution in [0.25, 0.3) is 0 Å². The average molecular weight is 568 g/mol. The number of halogens is 2. The van der Waals surface area contributed by atoms with Crippen molar-refractivity contribution in [2.24, 2.45) is 4.99 Å². The second-order valence-corrected chi connectivity index (χ2v) is 10.9. The van der Waals surface area contributed by atoms with E-state index in [2.05, 4.69) is 15.1 Å². The fraction of sp³-hybridized carbons (Fsp3) is 0.333. The van der Waals surface area contributed by atoms with Gasteiger partial charge in [0.2, 0.25) is 5.91 Å². The molecule has 5 rings (SSSR count). The number of amides is 1. The Kier molecular flexibility index (Phi) is 8.31. The van der Waals surface area contributed by atoms with Crippen molar-refractivity contribution in [1.29, 1.82) is 0 Å². The first-order valence-electron chi connectivity index (χ1n) is 13.0. The van der Waals surface area contributed by atoms with E-state index in [0.717, 1.165) is 29.1 Å². The second kappa shape index (κ2) is 11.9. The lowest BCUT2D eigenvalue weighted by Gasteiger charge is -2.37. The van der Waals surface area contributed by atoms with Crippen molar-refractivity contribution in [1.82, 2.24) is 15.1 Å². The highest BCUT2D eigenvalue weighted by atomic mass is 35.5. The number of methoxy groups -OCH3 is 1. The zero-order valence-electron chi connectivity index (χ0n) is 22.2. The molecule has 2 aliphatic heterocycles. The highest BCUT2D eigenvalue weighted by Crippen LogP contribution is 2.45. The minimum atomic E-state index is -0.230. The van der Waals surface area contributed by atoms with E-state index < -0.39 is 0 Å². The number of benzene rings is 3. The third kappa shape index (κ3) is 6.16. The third-order valence-electron chi connectivity index (χ3n) is 6.85. The largest absolute Gasteiger partial charge is 0.497 e. The number of amidine groups is 1. The fourth-order valence-corrected chi connectivity index (χ4v) is 5.34. The normalized spacial score (nSPS) is 19.7. The van der Waals surface area contributed by atoms with Gasteiger partial charge in [-0.25, -0.2) is 0 Å². The molecule has 2 atom stereocenters. The van der Waals surface area contributed by atoms with Crippen LogP contribution in [0.1, 0.15) is 42.6 Å². The van der Waals surface area contributed by atoms with E-state index in [-0.39, 0.29) is 24.1 Å². The molecule has 3 aromatic rings. The molecular formula is C30H32Cl2N4O3. The summed E-state index contributed by atoms with van der Waals surface area (Å²) < 4.78 is 11.8. The Labute approximate surface area is 239 Å². The first-order chi connectivity index (χ1) is 18.8. The van der Waals surface area contributed by atoms with Gasteiger partial charge >= 0.3 is 0 Å². The lowest BCUT2D eigenvalue weighted by molar-refractivity contribution is -0.124. The number of rotatable bonds is 8. The van der Waals surface area contributed by atoms with Crippen molar-refractivity contribution in [2.75, 3.05) is 33.4 Å². The van der Waals surface area contributed by atoms with Crippen LogP contribution in [0.4, 0.5) is 0 Å². The fourth-order valence-electron chi connectivity index (χ4n) is 5.09. The Hall–Kier alpha value is -3.26. The van der Waals surface area contributed by atoms with Crippen LogP contribution in [0.3, 0.4) is 0 Å². The molecule has 0 aromatic heterocycles. The Morgan fingerprint density at radius 1 is 1.00 bits per heavy atom. The first-order valence-corrected chi connectivity index (χ1v) is 13.8. The molecule has 1 saturated heterocycles. The number of hydrogen-bond donors (Lipinski definition) is 1. The predicted molar refractivity (Wildman–Crippen MR) is 155 cm³/mol. The number of aliphatic imine (C=N–C) groups is 1. The Balaban J connectivity index is 1.66. The number of nitrogens with one attached hydrogen (secondary N) is 1. The van der Waals surface area contributed by atoms with Gasteiger partial charge in [-0.2, -0.15) is 0 Å². The lowest BCUT2D eigenvalue weighted by atomic mass is 9.94. The van der Waals surface area contributed by atoms with Crippen molar-refractivity contribution in [3.8, 4) is 11.5 Å². The van der Waals surface area contributed by atoms with Crippen LogP contribution in [0.5, 0.6) is 11.5 Å². The van der Waals surface area contributed by atoms with Gasteiger partial charge in [-0.15, -0.1) is 0 Å². The van der Waals surface area contributed by atoms with Gasteiger partial charge in [0.15, 0.2) is 0 Å². The zero-order chi connectivity index (χ0) is 27.5. The van der Waals surface area contributed by atoms with Crippen LogP contribution in [-0.2, 0) is 4.79 Å². The summed E-state index contributed by atoms with van der Waals surface area (Å²) in [6.45, 7) is 6.17. The van der Waals surface area contributed by atoms with Crippen molar-refractivity contribution in [3.05, 3.63) is 93.5 Å². The topological polar surface area (TPSA) is 66.4 Å². The van der Waals surface area contributed by atoms with Crippen molar-refractivity contribution in [3.63, 3.8) is 0 Å². The Morgan fingerprint density at radius 2 is 1.67 bits per heavy atom. The molecule has 1 fully saturated rings. The molecule has 1 N–H and O–H groups in total. The van der Waals surface area contributed by atoms with E-state index >= 15 is 0 Å². The summed E-state index contributed by atoms with van der Waals surface area (Å²) in [7, 11) is 1.64. The second-order valence-electron chi connectivity index (χ2n) is 9.99. The molecule has 0 unspecified atom stereocenters. The summed E-state index contributed by atoms with van der Waals surface area (Å²) in [5, 5.41) is 4.26. The lowest BCUT2D eigenvalue weighted by Crippen LogP contribution is -2.52. The van der Waals surface area contributed by atoms with Gasteiger partial charge in [-0.1, -0.05) is 47.5 Å². The average Bonchev–Trinajstić information content (AvgIpc) is 3.27. The monoisotopic (exact) mass is 566 g/mol. The number of carbonyl (C=O) groups is 1. The standard InChI is InChI=1S/C30H32Cl2N4O3/c1-19(2)39-26-16-24(38-3)12-13-25(26)30-34-28(20-4-8-22(31)9-5-20)29(21-6-10-23(32)11-7-21)36(30)18-35-15-14-33-27(37)17-35/h4-13,16,19,28-29H,14-15,17-18H2,1-3H3,(H,33,37)/t28-,29+/m0/s1. The van der Waals surface area contributed by atoms with Crippen molar-refractivity contribution >= 4 is 34.9 Å². The molecule has 0 aliphatic carbocycles. The minimum Gasteiger partial charge on any atom is -0.497 e. The maximum atomic E-state index is 12.3. The number of carbonyl (C=O) groups excluding carboxylic acids is 1. The van der Waals surface area contributed by atoms with E-state index in [9.17, 15) is 4.79 Å². The summed E-state index contributed by atoms with van der Waals surface area (Å²) in [6, 6.07) is 21.2. The van der Waals surface area contributed by atoms with Crippen molar-refractivity contribution in [2.45, 2.75) is 32.0 Å². The van der Waals surface area contributed by atoms with E-state index in [1.165, 1.54) is 0 Å². The van der Waals surface area contributed by atoms with Gasteiger partial charge < -0.3 is 19.7 Å². The molecule has 0 radical (unpaired) electrons. The summed E-state index contributed by atoms with van der Waals surface area (Å²) in [6.07, 6.45) is -0.0452. The molecule has 0 spiro atoms. The smallest absolute Gasteiger partial charge is 0.234 e. The van der Waals surface area contributed by atoms with Gasteiger partial charge in [0, 0.05) is 29.2 Å².